The van der Waals surface area contributed by atoms with Crippen LogP contribution in [0.4, 0.5) is 0 Å². The minimum Gasteiger partial charge on any atom is -0.497 e. The standard InChI is InChI=1S/C18H26N2O3/c1-12(18(21)19-13-6-7-13)20-10-4-5-16(20)15-9-8-14(22-2)11-17(15)23-3/h8-9,11-13,16H,4-7,10H2,1-3H3,(H,19,21)/t12-,16-/m1/s1. The Balaban J connectivity index is 1.79. The first kappa shape index (κ1) is 16.1. The van der Waals surface area contributed by atoms with Crippen LogP contribution in [0.5, 0.6) is 11.5 Å². The number of rotatable bonds is 6. The second-order valence-electron chi connectivity index (χ2n) is 6.46. The van der Waals surface area contributed by atoms with E-state index in [-0.39, 0.29) is 18.0 Å². The monoisotopic (exact) mass is 318 g/mol. The Hall–Kier alpha value is -1.75. The third-order valence-corrected chi connectivity index (χ3v) is 4.89. The smallest absolute Gasteiger partial charge is 0.237 e. The van der Waals surface area contributed by atoms with Crippen LogP contribution in [0.25, 0.3) is 0 Å². The summed E-state index contributed by atoms with van der Waals surface area (Å²) in [5.74, 6) is 1.76. The first-order valence-corrected chi connectivity index (χ1v) is 8.42. The number of amides is 1. The molecule has 1 aliphatic carbocycles. The molecule has 5 nitrogen and oxygen atoms in total. The van der Waals surface area contributed by atoms with Crippen molar-refractivity contribution in [1.29, 1.82) is 0 Å². The van der Waals surface area contributed by atoms with E-state index in [0.717, 1.165) is 49.3 Å². The second-order valence-corrected chi connectivity index (χ2v) is 6.46. The molecular formula is C18H26N2O3. The molecule has 1 saturated heterocycles. The van der Waals surface area contributed by atoms with Crippen LogP contribution in [0.3, 0.4) is 0 Å². The highest BCUT2D eigenvalue weighted by Crippen LogP contribution is 2.39. The Morgan fingerprint density at radius 3 is 2.70 bits per heavy atom. The summed E-state index contributed by atoms with van der Waals surface area (Å²) in [6.07, 6.45) is 4.38. The van der Waals surface area contributed by atoms with Gasteiger partial charge in [0.05, 0.1) is 20.3 Å². The van der Waals surface area contributed by atoms with Crippen molar-refractivity contribution in [2.45, 2.75) is 50.7 Å². The van der Waals surface area contributed by atoms with Crippen LogP contribution in [-0.2, 0) is 4.79 Å². The minimum atomic E-state index is -0.116. The van der Waals surface area contributed by atoms with Crippen molar-refractivity contribution in [1.82, 2.24) is 10.2 Å². The first-order valence-electron chi connectivity index (χ1n) is 8.42. The maximum absolute atomic E-state index is 12.4. The fourth-order valence-electron chi connectivity index (χ4n) is 3.38. The number of hydrogen-bond acceptors (Lipinski definition) is 4. The van der Waals surface area contributed by atoms with Crippen LogP contribution < -0.4 is 14.8 Å². The molecule has 1 saturated carbocycles. The third-order valence-electron chi connectivity index (χ3n) is 4.89. The molecule has 3 rings (SSSR count). The molecule has 126 valence electrons. The topological polar surface area (TPSA) is 50.8 Å². The fourth-order valence-corrected chi connectivity index (χ4v) is 3.38. The molecule has 5 heteroatoms. The van der Waals surface area contributed by atoms with E-state index in [1.54, 1.807) is 14.2 Å². The largest absolute Gasteiger partial charge is 0.497 e. The highest BCUT2D eigenvalue weighted by molar-refractivity contribution is 5.82. The van der Waals surface area contributed by atoms with Gasteiger partial charge in [-0.1, -0.05) is 6.07 Å². The zero-order chi connectivity index (χ0) is 16.4. The van der Waals surface area contributed by atoms with Crippen molar-refractivity contribution in [3.05, 3.63) is 23.8 Å². The quantitative estimate of drug-likeness (QED) is 0.875. The average Bonchev–Trinajstić information content (AvgIpc) is 3.26. The average molecular weight is 318 g/mol. The molecule has 1 N–H and O–H groups in total. The summed E-state index contributed by atoms with van der Waals surface area (Å²) in [4.78, 5) is 14.7. The highest BCUT2D eigenvalue weighted by Gasteiger charge is 2.36. The van der Waals surface area contributed by atoms with Gasteiger partial charge in [0, 0.05) is 23.7 Å². The van der Waals surface area contributed by atoms with Crippen molar-refractivity contribution >= 4 is 5.91 Å². The molecule has 2 fully saturated rings. The lowest BCUT2D eigenvalue weighted by Crippen LogP contribution is -2.45. The zero-order valence-electron chi connectivity index (χ0n) is 14.2. The third kappa shape index (κ3) is 3.44. The summed E-state index contributed by atoms with van der Waals surface area (Å²) in [5, 5.41) is 3.12. The van der Waals surface area contributed by atoms with Crippen molar-refractivity contribution in [3.63, 3.8) is 0 Å². The van der Waals surface area contributed by atoms with Crippen LogP contribution in [0.2, 0.25) is 0 Å². The Kier molecular flexibility index (Phi) is 4.76. The van der Waals surface area contributed by atoms with Gasteiger partial charge in [0.25, 0.3) is 0 Å². The SMILES string of the molecule is COc1ccc([C@H]2CCCN2[C@H](C)C(=O)NC2CC2)c(OC)c1. The van der Waals surface area contributed by atoms with Crippen LogP contribution in [0, 0.1) is 0 Å². The molecule has 1 aromatic carbocycles. The van der Waals surface area contributed by atoms with Gasteiger partial charge >= 0.3 is 0 Å². The lowest BCUT2D eigenvalue weighted by Gasteiger charge is -2.31. The number of methoxy groups -OCH3 is 2. The fraction of sp³-hybridized carbons (Fsp3) is 0.611. The van der Waals surface area contributed by atoms with Gasteiger partial charge < -0.3 is 14.8 Å². The van der Waals surface area contributed by atoms with Gasteiger partial charge in [0.15, 0.2) is 0 Å². The van der Waals surface area contributed by atoms with Crippen molar-refractivity contribution in [2.75, 3.05) is 20.8 Å². The van der Waals surface area contributed by atoms with Gasteiger partial charge in [-0.2, -0.15) is 0 Å². The van der Waals surface area contributed by atoms with Crippen molar-refractivity contribution < 1.29 is 14.3 Å². The van der Waals surface area contributed by atoms with Crippen molar-refractivity contribution in [2.24, 2.45) is 0 Å². The van der Waals surface area contributed by atoms with E-state index >= 15 is 0 Å². The van der Waals surface area contributed by atoms with Gasteiger partial charge in [0.2, 0.25) is 5.91 Å². The molecule has 1 aliphatic heterocycles. The molecule has 0 radical (unpaired) electrons. The van der Waals surface area contributed by atoms with E-state index < -0.39 is 0 Å². The summed E-state index contributed by atoms with van der Waals surface area (Å²) >= 11 is 0. The summed E-state index contributed by atoms with van der Waals surface area (Å²) < 4.78 is 10.8. The number of ether oxygens (including phenoxy) is 2. The summed E-state index contributed by atoms with van der Waals surface area (Å²) in [7, 11) is 3.33. The number of nitrogens with zero attached hydrogens (tertiary/aromatic N) is 1. The van der Waals surface area contributed by atoms with Gasteiger partial charge in [-0.15, -0.1) is 0 Å². The molecule has 1 aromatic rings. The molecular weight excluding hydrogens is 292 g/mol. The first-order chi connectivity index (χ1) is 11.1. The number of benzene rings is 1. The van der Waals surface area contributed by atoms with Gasteiger partial charge in [-0.3, -0.25) is 9.69 Å². The maximum Gasteiger partial charge on any atom is 0.237 e. The molecule has 1 amide bonds. The molecule has 23 heavy (non-hydrogen) atoms. The van der Waals surface area contributed by atoms with E-state index in [1.165, 1.54) is 0 Å². The van der Waals surface area contributed by atoms with Gasteiger partial charge in [0.1, 0.15) is 11.5 Å². The van der Waals surface area contributed by atoms with Crippen LogP contribution in [-0.4, -0.2) is 43.7 Å². The number of carbonyl (C=O) groups excluding carboxylic acids is 1. The summed E-state index contributed by atoms with van der Waals surface area (Å²) in [6.45, 7) is 2.95. The zero-order valence-corrected chi connectivity index (χ0v) is 14.2. The van der Waals surface area contributed by atoms with Gasteiger partial charge in [-0.05, 0) is 45.2 Å². The number of nitrogens with one attached hydrogen (secondary N) is 1. The minimum absolute atomic E-state index is 0.116. The molecule has 0 unspecified atom stereocenters. The predicted molar refractivity (Wildman–Crippen MR) is 88.9 cm³/mol. The Bertz CT molecular complexity index is 571. The van der Waals surface area contributed by atoms with E-state index in [9.17, 15) is 4.79 Å². The summed E-state index contributed by atoms with van der Waals surface area (Å²) in [6, 6.07) is 6.45. The Morgan fingerprint density at radius 2 is 2.04 bits per heavy atom. The molecule has 2 atom stereocenters. The molecule has 0 aromatic heterocycles. The number of carbonyl (C=O) groups is 1. The second kappa shape index (κ2) is 6.79. The van der Waals surface area contributed by atoms with Crippen molar-refractivity contribution in [3.8, 4) is 11.5 Å². The Labute approximate surface area is 137 Å². The molecule has 0 spiro atoms. The van der Waals surface area contributed by atoms with E-state index in [1.807, 2.05) is 19.1 Å². The number of hydrogen-bond donors (Lipinski definition) is 1. The normalized spacial score (nSPS) is 22.7. The van der Waals surface area contributed by atoms with Crippen LogP contribution in [0.1, 0.15) is 44.2 Å². The summed E-state index contributed by atoms with van der Waals surface area (Å²) in [5.41, 5.74) is 1.14. The van der Waals surface area contributed by atoms with Crippen LogP contribution >= 0.6 is 0 Å². The predicted octanol–water partition coefficient (Wildman–Crippen LogP) is 2.51. The number of likely N-dealkylation sites (tertiary alicyclic amines) is 1. The van der Waals surface area contributed by atoms with E-state index in [4.69, 9.17) is 9.47 Å². The Morgan fingerprint density at radius 1 is 1.26 bits per heavy atom. The van der Waals surface area contributed by atoms with Gasteiger partial charge in [-0.25, -0.2) is 0 Å². The lowest BCUT2D eigenvalue weighted by atomic mass is 10.0. The molecule has 1 heterocycles. The van der Waals surface area contributed by atoms with E-state index in [0.29, 0.717) is 6.04 Å². The lowest BCUT2D eigenvalue weighted by molar-refractivity contribution is -0.126. The molecule has 0 bridgehead atoms. The maximum atomic E-state index is 12.4. The van der Waals surface area contributed by atoms with E-state index in [2.05, 4.69) is 16.3 Å². The molecule has 2 aliphatic rings. The van der Waals surface area contributed by atoms with Crippen LogP contribution in [0.15, 0.2) is 18.2 Å². The highest BCUT2D eigenvalue weighted by atomic mass is 16.5.